The highest BCUT2D eigenvalue weighted by molar-refractivity contribution is 7.89. The Morgan fingerprint density at radius 3 is 1.75 bits per heavy atom. The Hall–Kier alpha value is -2.26. The van der Waals surface area contributed by atoms with Gasteiger partial charge in [-0.25, -0.2) is 0 Å². The smallest absolute Gasteiger partial charge is 0.192 e. The second kappa shape index (κ2) is 6.33. The van der Waals surface area contributed by atoms with E-state index in [1.807, 2.05) is 12.1 Å². The Balaban J connectivity index is 1.85. The van der Waals surface area contributed by atoms with Crippen LogP contribution in [0, 0.1) is 0 Å². The van der Waals surface area contributed by atoms with Crippen molar-refractivity contribution in [3.8, 4) is 0 Å². The molecule has 24 heavy (non-hydrogen) atoms. The van der Waals surface area contributed by atoms with Crippen LogP contribution in [0.3, 0.4) is 0 Å². The molecule has 124 valence electrons. The molecule has 3 aromatic rings. The first-order valence-corrected chi connectivity index (χ1v) is 9.62. The highest BCUT2D eigenvalue weighted by Gasteiger charge is 2.23. The second-order valence-corrected chi connectivity index (χ2v) is 7.90. The number of benzene rings is 3. The van der Waals surface area contributed by atoms with E-state index in [1.54, 1.807) is 24.3 Å². The number of hydrogen-bond donors (Lipinski definition) is 0. The van der Waals surface area contributed by atoms with Crippen LogP contribution in [0.15, 0.2) is 82.6 Å². The first kappa shape index (κ1) is 16.6. The van der Waals surface area contributed by atoms with Gasteiger partial charge in [0.2, 0.25) is 0 Å². The van der Waals surface area contributed by atoms with E-state index in [2.05, 4.69) is 8.67 Å². The Labute approximate surface area is 139 Å². The monoisotopic (exact) mass is 364 g/mol. The molecule has 0 fully saturated rings. The van der Waals surface area contributed by atoms with Crippen LogP contribution in [-0.4, -0.2) is 16.8 Å². The van der Waals surface area contributed by atoms with E-state index in [1.165, 1.54) is 36.4 Å². The maximum absolute atomic E-state index is 12.1. The van der Waals surface area contributed by atoms with Crippen molar-refractivity contribution in [2.75, 3.05) is 0 Å². The molecule has 0 aliphatic rings. The normalized spacial score (nSPS) is 12.3. The molecule has 0 saturated heterocycles. The SMILES string of the molecule is O=S(=O)(OOS(=O)(=O)c1ccc2ccccc2c1)c1ccccc1. The first-order chi connectivity index (χ1) is 11.4. The molecule has 0 atom stereocenters. The summed E-state index contributed by atoms with van der Waals surface area (Å²) in [6, 6.07) is 18.5. The van der Waals surface area contributed by atoms with Crippen LogP contribution in [0.4, 0.5) is 0 Å². The molecule has 0 aliphatic carbocycles. The summed E-state index contributed by atoms with van der Waals surface area (Å²) in [4.78, 5) is -0.414. The van der Waals surface area contributed by atoms with Crippen LogP contribution in [0.2, 0.25) is 0 Å². The lowest BCUT2D eigenvalue weighted by Gasteiger charge is -2.06. The fraction of sp³-hybridized carbons (Fsp3) is 0. The summed E-state index contributed by atoms with van der Waals surface area (Å²) in [5.41, 5.74) is 0. The number of rotatable bonds is 5. The molecule has 8 heteroatoms. The van der Waals surface area contributed by atoms with Crippen molar-refractivity contribution in [3.63, 3.8) is 0 Å². The molecule has 3 aromatic carbocycles. The van der Waals surface area contributed by atoms with Gasteiger partial charge in [-0.15, -0.1) is 0 Å². The molecule has 0 spiro atoms. The van der Waals surface area contributed by atoms with Crippen LogP contribution in [0.1, 0.15) is 0 Å². The largest absolute Gasteiger partial charge is 0.324 e. The van der Waals surface area contributed by atoms with Gasteiger partial charge in [0.15, 0.2) is 0 Å². The molecule has 0 N–H and O–H groups in total. The topological polar surface area (TPSA) is 86.7 Å². The first-order valence-electron chi connectivity index (χ1n) is 6.80. The van der Waals surface area contributed by atoms with Crippen LogP contribution < -0.4 is 0 Å². The lowest BCUT2D eigenvalue weighted by Crippen LogP contribution is -2.13. The van der Waals surface area contributed by atoms with Crippen molar-refractivity contribution in [2.24, 2.45) is 0 Å². The molecular weight excluding hydrogens is 352 g/mol. The zero-order valence-electron chi connectivity index (χ0n) is 12.2. The van der Waals surface area contributed by atoms with E-state index >= 15 is 0 Å². The summed E-state index contributed by atoms with van der Waals surface area (Å²) >= 11 is 0. The predicted octanol–water partition coefficient (Wildman–Crippen LogP) is 2.87. The van der Waals surface area contributed by atoms with Gasteiger partial charge in [0, 0.05) is 0 Å². The van der Waals surface area contributed by atoms with Gasteiger partial charge < -0.3 is 0 Å². The molecule has 0 aromatic heterocycles. The summed E-state index contributed by atoms with van der Waals surface area (Å²) in [7, 11) is -8.74. The van der Waals surface area contributed by atoms with Gasteiger partial charge in [-0.1, -0.05) is 57.2 Å². The van der Waals surface area contributed by atoms with Gasteiger partial charge in [0.05, 0.1) is 9.79 Å². The standard InChI is InChI=1S/C16H12O6S2/c17-23(18,15-8-2-1-3-9-15)21-22-24(19,20)16-11-10-13-6-4-5-7-14(13)12-16/h1-12H. The molecule has 0 heterocycles. The molecule has 0 unspecified atom stereocenters. The third-order valence-electron chi connectivity index (χ3n) is 3.25. The maximum atomic E-state index is 12.1. The molecule has 0 saturated carbocycles. The summed E-state index contributed by atoms with van der Waals surface area (Å²) < 4.78 is 56.6. The van der Waals surface area contributed by atoms with Gasteiger partial charge in [0.1, 0.15) is 0 Å². The van der Waals surface area contributed by atoms with Crippen LogP contribution >= 0.6 is 0 Å². The summed E-state index contributed by atoms with van der Waals surface area (Å²) in [6.07, 6.45) is 0. The van der Waals surface area contributed by atoms with Gasteiger partial charge in [0.25, 0.3) is 0 Å². The molecule has 0 bridgehead atoms. The quantitative estimate of drug-likeness (QED) is 0.511. The van der Waals surface area contributed by atoms with Gasteiger partial charge in [-0.3, -0.25) is 0 Å². The Kier molecular flexibility index (Phi) is 4.37. The van der Waals surface area contributed by atoms with E-state index in [9.17, 15) is 16.8 Å². The van der Waals surface area contributed by atoms with Gasteiger partial charge in [-0.2, -0.15) is 16.8 Å². The summed E-state index contributed by atoms with van der Waals surface area (Å²) in [5.74, 6) is 0. The molecule has 0 aliphatic heterocycles. The Morgan fingerprint density at radius 2 is 1.08 bits per heavy atom. The second-order valence-electron chi connectivity index (χ2n) is 4.87. The fourth-order valence-electron chi connectivity index (χ4n) is 2.06. The van der Waals surface area contributed by atoms with Gasteiger partial charge >= 0.3 is 20.2 Å². The fourth-order valence-corrected chi connectivity index (χ4v) is 3.80. The summed E-state index contributed by atoms with van der Waals surface area (Å²) in [5, 5.41) is 1.52. The third-order valence-corrected chi connectivity index (χ3v) is 5.51. The van der Waals surface area contributed by atoms with Crippen LogP contribution in [0.25, 0.3) is 10.8 Å². The summed E-state index contributed by atoms with van der Waals surface area (Å²) in [6.45, 7) is 0. The van der Waals surface area contributed by atoms with Crippen molar-refractivity contribution in [2.45, 2.75) is 9.79 Å². The highest BCUT2D eigenvalue weighted by Crippen LogP contribution is 2.22. The van der Waals surface area contributed by atoms with E-state index < -0.39 is 20.2 Å². The average molecular weight is 364 g/mol. The molecular formula is C16H12O6S2. The van der Waals surface area contributed by atoms with Crippen molar-refractivity contribution >= 4 is 31.0 Å². The lowest BCUT2D eigenvalue weighted by molar-refractivity contribution is -0.0851. The molecule has 0 amide bonds. The van der Waals surface area contributed by atoms with Crippen LogP contribution in [0.5, 0.6) is 0 Å². The highest BCUT2D eigenvalue weighted by atomic mass is 32.2. The Bertz CT molecular complexity index is 1070. The van der Waals surface area contributed by atoms with Crippen molar-refractivity contribution in [1.82, 2.24) is 0 Å². The minimum atomic E-state index is -4.39. The zero-order chi connectivity index (χ0) is 17.2. The minimum absolute atomic E-state index is 0.204. The van der Waals surface area contributed by atoms with Crippen LogP contribution in [-0.2, 0) is 28.9 Å². The van der Waals surface area contributed by atoms with E-state index in [4.69, 9.17) is 0 Å². The predicted molar refractivity (Wildman–Crippen MR) is 86.9 cm³/mol. The Morgan fingerprint density at radius 1 is 0.542 bits per heavy atom. The van der Waals surface area contributed by atoms with Crippen molar-refractivity contribution in [1.29, 1.82) is 0 Å². The average Bonchev–Trinajstić information content (AvgIpc) is 2.60. The number of hydrogen-bond acceptors (Lipinski definition) is 6. The molecule has 3 rings (SSSR count). The molecule has 6 nitrogen and oxygen atoms in total. The van der Waals surface area contributed by atoms with E-state index in [0.29, 0.717) is 5.39 Å². The van der Waals surface area contributed by atoms with Crippen molar-refractivity contribution < 1.29 is 25.5 Å². The van der Waals surface area contributed by atoms with E-state index in [0.717, 1.165) is 5.39 Å². The maximum Gasteiger partial charge on any atom is 0.324 e. The lowest BCUT2D eigenvalue weighted by atomic mass is 10.1. The van der Waals surface area contributed by atoms with Crippen molar-refractivity contribution in [3.05, 3.63) is 72.8 Å². The zero-order valence-corrected chi connectivity index (χ0v) is 13.8. The minimum Gasteiger partial charge on any atom is -0.192 e. The van der Waals surface area contributed by atoms with E-state index in [-0.39, 0.29) is 9.79 Å². The molecule has 0 radical (unpaired) electrons. The number of fused-ring (bicyclic) bond motifs is 1. The third kappa shape index (κ3) is 3.46. The van der Waals surface area contributed by atoms with Gasteiger partial charge in [-0.05, 0) is 35.0 Å².